The lowest BCUT2D eigenvalue weighted by atomic mass is 10.3. The van der Waals surface area contributed by atoms with Crippen molar-refractivity contribution in [3.05, 3.63) is 24.0 Å². The van der Waals surface area contributed by atoms with Crippen LogP contribution in [0.25, 0.3) is 0 Å². The van der Waals surface area contributed by atoms with E-state index in [0.29, 0.717) is 13.1 Å². The lowest BCUT2D eigenvalue weighted by Crippen LogP contribution is -2.36. The van der Waals surface area contributed by atoms with Crippen LogP contribution in [0.1, 0.15) is 12.6 Å². The fraction of sp³-hybridized carbons (Fsp3) is 0.538. The van der Waals surface area contributed by atoms with Crippen LogP contribution in [0.2, 0.25) is 0 Å². The van der Waals surface area contributed by atoms with Gasteiger partial charge in [0.05, 0.1) is 12.2 Å². The van der Waals surface area contributed by atoms with E-state index in [0.717, 1.165) is 17.9 Å². The molecule has 0 saturated carbocycles. The lowest BCUT2D eigenvalue weighted by molar-refractivity contribution is -0.130. The third kappa shape index (κ3) is 4.33. The summed E-state index contributed by atoms with van der Waals surface area (Å²) in [4.78, 5) is 19.7. The predicted octanol–water partition coefficient (Wildman–Crippen LogP) is 1.03. The number of hydrogen-bond donors (Lipinski definition) is 1. The number of anilines is 1. The van der Waals surface area contributed by atoms with Crippen molar-refractivity contribution in [1.29, 1.82) is 0 Å². The molecule has 0 unspecified atom stereocenters. The zero-order valence-electron chi connectivity index (χ0n) is 11.6. The third-order valence-corrected chi connectivity index (χ3v) is 2.80. The minimum Gasteiger partial charge on any atom is -0.388 e. The van der Waals surface area contributed by atoms with Crippen LogP contribution in [0, 0.1) is 0 Å². The Kier molecular flexibility index (Phi) is 5.58. The second-order valence-corrected chi connectivity index (χ2v) is 4.38. The monoisotopic (exact) mass is 250 g/mol. The summed E-state index contributed by atoms with van der Waals surface area (Å²) in [5, 5.41) is 3.08. The molecule has 1 heterocycles. The van der Waals surface area contributed by atoms with Crippen LogP contribution in [-0.4, -0.2) is 54.9 Å². The van der Waals surface area contributed by atoms with Crippen molar-refractivity contribution < 1.29 is 4.79 Å². The van der Waals surface area contributed by atoms with Crippen LogP contribution in [0.15, 0.2) is 18.3 Å². The van der Waals surface area contributed by atoms with Gasteiger partial charge in [-0.15, -0.1) is 0 Å². The van der Waals surface area contributed by atoms with E-state index in [-0.39, 0.29) is 5.91 Å². The van der Waals surface area contributed by atoms with Crippen molar-refractivity contribution in [2.75, 3.05) is 39.5 Å². The SMILES string of the molecule is CCN(CC(=O)N(C)C)Cc1cc(NC)ccn1. The number of rotatable bonds is 6. The van der Waals surface area contributed by atoms with E-state index in [1.807, 2.05) is 26.1 Å². The van der Waals surface area contributed by atoms with Crippen LogP contribution >= 0.6 is 0 Å². The fourth-order valence-corrected chi connectivity index (χ4v) is 1.56. The average molecular weight is 250 g/mol. The maximum atomic E-state index is 11.7. The molecule has 0 aliphatic rings. The first-order chi connectivity index (χ1) is 8.56. The van der Waals surface area contributed by atoms with E-state index >= 15 is 0 Å². The molecule has 0 fully saturated rings. The summed E-state index contributed by atoms with van der Waals surface area (Å²) in [6.07, 6.45) is 1.78. The normalized spacial score (nSPS) is 10.5. The smallest absolute Gasteiger partial charge is 0.236 e. The summed E-state index contributed by atoms with van der Waals surface area (Å²) in [5.41, 5.74) is 2.00. The molecule has 0 aliphatic heterocycles. The predicted molar refractivity (Wildman–Crippen MR) is 73.4 cm³/mol. The molecule has 0 saturated heterocycles. The Morgan fingerprint density at radius 2 is 2.17 bits per heavy atom. The van der Waals surface area contributed by atoms with Gasteiger partial charge in [-0.05, 0) is 18.7 Å². The molecule has 5 nitrogen and oxygen atoms in total. The summed E-state index contributed by atoms with van der Waals surface area (Å²) in [7, 11) is 5.43. The van der Waals surface area contributed by atoms with E-state index in [1.54, 1.807) is 25.2 Å². The molecule has 1 amide bonds. The highest BCUT2D eigenvalue weighted by Gasteiger charge is 2.11. The molecule has 1 rings (SSSR count). The Labute approximate surface area is 109 Å². The van der Waals surface area contributed by atoms with Gasteiger partial charge in [-0.3, -0.25) is 14.7 Å². The second kappa shape index (κ2) is 6.96. The van der Waals surface area contributed by atoms with Crippen LogP contribution in [0.3, 0.4) is 0 Å². The van der Waals surface area contributed by atoms with Gasteiger partial charge >= 0.3 is 0 Å². The molecule has 5 heteroatoms. The number of pyridine rings is 1. The zero-order valence-corrected chi connectivity index (χ0v) is 11.6. The van der Waals surface area contributed by atoms with Crippen molar-refractivity contribution in [3.63, 3.8) is 0 Å². The van der Waals surface area contributed by atoms with Gasteiger partial charge in [-0.1, -0.05) is 6.92 Å². The molecule has 18 heavy (non-hydrogen) atoms. The minimum atomic E-state index is 0.113. The standard InChI is InChI=1S/C13H22N4O/c1-5-17(10-13(18)16(3)4)9-12-8-11(14-2)6-7-15-12/h6-8H,5,9-10H2,1-4H3,(H,14,15). The van der Waals surface area contributed by atoms with Crippen molar-refractivity contribution in [2.45, 2.75) is 13.5 Å². The number of aromatic nitrogens is 1. The van der Waals surface area contributed by atoms with E-state index in [9.17, 15) is 4.79 Å². The molecule has 1 aromatic rings. The molecule has 1 aromatic heterocycles. The second-order valence-electron chi connectivity index (χ2n) is 4.38. The van der Waals surface area contributed by atoms with E-state index in [4.69, 9.17) is 0 Å². The molecule has 0 spiro atoms. The van der Waals surface area contributed by atoms with Gasteiger partial charge in [0, 0.05) is 39.6 Å². The van der Waals surface area contributed by atoms with E-state index < -0.39 is 0 Å². The van der Waals surface area contributed by atoms with Gasteiger partial charge in [0.15, 0.2) is 0 Å². The van der Waals surface area contributed by atoms with Gasteiger partial charge in [-0.2, -0.15) is 0 Å². The summed E-state index contributed by atoms with van der Waals surface area (Å²) >= 11 is 0. The Balaban J connectivity index is 2.64. The van der Waals surface area contributed by atoms with E-state index in [2.05, 4.69) is 15.2 Å². The topological polar surface area (TPSA) is 48.5 Å². The first-order valence-electron chi connectivity index (χ1n) is 6.12. The Hall–Kier alpha value is -1.62. The molecular formula is C13H22N4O. The number of carbonyl (C=O) groups excluding carboxylic acids is 1. The highest BCUT2D eigenvalue weighted by Crippen LogP contribution is 2.09. The van der Waals surface area contributed by atoms with Crippen LogP contribution in [-0.2, 0) is 11.3 Å². The number of hydrogen-bond acceptors (Lipinski definition) is 4. The molecule has 0 bridgehead atoms. The number of amides is 1. The largest absolute Gasteiger partial charge is 0.388 e. The maximum Gasteiger partial charge on any atom is 0.236 e. The van der Waals surface area contributed by atoms with Gasteiger partial charge in [0.25, 0.3) is 0 Å². The number of carbonyl (C=O) groups is 1. The summed E-state index contributed by atoms with van der Waals surface area (Å²) in [6.45, 7) is 3.98. The molecule has 0 aromatic carbocycles. The first kappa shape index (κ1) is 14.4. The molecule has 0 radical (unpaired) electrons. The van der Waals surface area contributed by atoms with Crippen LogP contribution in [0.5, 0.6) is 0 Å². The molecule has 0 atom stereocenters. The number of nitrogens with zero attached hydrogens (tertiary/aromatic N) is 3. The fourth-order valence-electron chi connectivity index (χ4n) is 1.56. The number of likely N-dealkylation sites (N-methyl/N-ethyl adjacent to an activating group) is 2. The first-order valence-corrected chi connectivity index (χ1v) is 6.12. The Morgan fingerprint density at radius 3 is 2.72 bits per heavy atom. The quantitative estimate of drug-likeness (QED) is 0.819. The van der Waals surface area contributed by atoms with Crippen molar-refractivity contribution in [2.24, 2.45) is 0 Å². The number of nitrogens with one attached hydrogen (secondary N) is 1. The third-order valence-electron chi connectivity index (χ3n) is 2.80. The average Bonchev–Trinajstić information content (AvgIpc) is 2.37. The maximum absolute atomic E-state index is 11.7. The van der Waals surface area contributed by atoms with Gasteiger partial charge in [0.2, 0.25) is 5.91 Å². The Bertz CT molecular complexity index is 392. The highest BCUT2D eigenvalue weighted by molar-refractivity contribution is 5.77. The highest BCUT2D eigenvalue weighted by atomic mass is 16.2. The van der Waals surface area contributed by atoms with Gasteiger partial charge < -0.3 is 10.2 Å². The van der Waals surface area contributed by atoms with Crippen molar-refractivity contribution in [3.8, 4) is 0 Å². The van der Waals surface area contributed by atoms with Crippen LogP contribution in [0.4, 0.5) is 5.69 Å². The van der Waals surface area contributed by atoms with Gasteiger partial charge in [0.1, 0.15) is 0 Å². The summed E-state index contributed by atoms with van der Waals surface area (Å²) in [5.74, 6) is 0.113. The van der Waals surface area contributed by atoms with Crippen molar-refractivity contribution in [1.82, 2.24) is 14.8 Å². The summed E-state index contributed by atoms with van der Waals surface area (Å²) < 4.78 is 0. The molecule has 0 aliphatic carbocycles. The lowest BCUT2D eigenvalue weighted by Gasteiger charge is -2.21. The Morgan fingerprint density at radius 1 is 1.44 bits per heavy atom. The summed E-state index contributed by atoms with van der Waals surface area (Å²) in [6, 6.07) is 3.92. The minimum absolute atomic E-state index is 0.113. The van der Waals surface area contributed by atoms with Crippen molar-refractivity contribution >= 4 is 11.6 Å². The molecular weight excluding hydrogens is 228 g/mol. The molecule has 1 N–H and O–H groups in total. The molecule has 100 valence electrons. The zero-order chi connectivity index (χ0) is 13.5. The van der Waals surface area contributed by atoms with E-state index in [1.165, 1.54) is 0 Å². The van der Waals surface area contributed by atoms with Crippen LogP contribution < -0.4 is 5.32 Å². The van der Waals surface area contributed by atoms with Gasteiger partial charge in [-0.25, -0.2) is 0 Å².